The van der Waals surface area contributed by atoms with Crippen molar-refractivity contribution in [2.24, 2.45) is 5.92 Å². The van der Waals surface area contributed by atoms with Gasteiger partial charge in [0.2, 0.25) is 0 Å². The van der Waals surface area contributed by atoms with Gasteiger partial charge >= 0.3 is 0 Å². The Morgan fingerprint density at radius 1 is 1.00 bits per heavy atom. The smallest absolute Gasteiger partial charge is 0.251 e. The van der Waals surface area contributed by atoms with E-state index in [9.17, 15) is 4.79 Å². The number of amides is 1. The van der Waals surface area contributed by atoms with Gasteiger partial charge in [-0.15, -0.1) is 0 Å². The normalized spacial score (nSPS) is 11.8. The zero-order valence-corrected chi connectivity index (χ0v) is 16.0. The molecular weight excluding hydrogens is 330 g/mol. The van der Waals surface area contributed by atoms with Gasteiger partial charge < -0.3 is 19.5 Å². The van der Waals surface area contributed by atoms with Gasteiger partial charge in [0.15, 0.2) is 0 Å². The number of nitrogens with one attached hydrogen (secondary N) is 1. The fourth-order valence-electron chi connectivity index (χ4n) is 2.53. The molecule has 5 nitrogen and oxygen atoms in total. The second-order valence-electron chi connectivity index (χ2n) is 6.54. The third-order valence-electron chi connectivity index (χ3n) is 3.93. The van der Waals surface area contributed by atoms with E-state index in [0.29, 0.717) is 35.3 Å². The van der Waals surface area contributed by atoms with E-state index < -0.39 is 0 Å². The van der Waals surface area contributed by atoms with Crippen molar-refractivity contribution < 1.29 is 19.0 Å². The number of carbonyl (C=O) groups excluding carboxylic acids is 1. The van der Waals surface area contributed by atoms with Crippen LogP contribution in [0.1, 0.15) is 42.7 Å². The Morgan fingerprint density at radius 3 is 2.42 bits per heavy atom. The lowest BCUT2D eigenvalue weighted by atomic mass is 10.1. The standard InChI is InChI=1S/C21H27NO4/c1-14(2)13-26-18-8-6-7-16(11-18)21(23)22-15(3)19-12-17(24-4)9-10-20(19)25-5/h6-12,14-15H,13H2,1-5H3,(H,22,23)/t15-/m0/s1. The van der Waals surface area contributed by atoms with Gasteiger partial charge in [-0.05, 0) is 49.2 Å². The molecule has 2 aromatic carbocycles. The van der Waals surface area contributed by atoms with Crippen LogP contribution in [0.25, 0.3) is 0 Å². The van der Waals surface area contributed by atoms with E-state index >= 15 is 0 Å². The highest BCUT2D eigenvalue weighted by Gasteiger charge is 2.16. The Labute approximate surface area is 155 Å². The molecule has 0 aliphatic heterocycles. The molecule has 0 saturated carbocycles. The molecule has 1 atom stereocenters. The van der Waals surface area contributed by atoms with Crippen molar-refractivity contribution in [3.05, 3.63) is 53.6 Å². The van der Waals surface area contributed by atoms with Crippen LogP contribution in [0.4, 0.5) is 0 Å². The van der Waals surface area contributed by atoms with Crippen LogP contribution in [0.15, 0.2) is 42.5 Å². The van der Waals surface area contributed by atoms with Crippen molar-refractivity contribution in [3.8, 4) is 17.2 Å². The molecule has 0 radical (unpaired) electrons. The minimum absolute atomic E-state index is 0.169. The summed E-state index contributed by atoms with van der Waals surface area (Å²) >= 11 is 0. The highest BCUT2D eigenvalue weighted by molar-refractivity contribution is 5.94. The first-order chi connectivity index (χ1) is 12.4. The maximum atomic E-state index is 12.6. The first kappa shape index (κ1) is 19.6. The topological polar surface area (TPSA) is 56.8 Å². The lowest BCUT2D eigenvalue weighted by Gasteiger charge is -2.18. The van der Waals surface area contributed by atoms with Gasteiger partial charge in [-0.25, -0.2) is 0 Å². The zero-order valence-electron chi connectivity index (χ0n) is 16.0. The number of carbonyl (C=O) groups is 1. The highest BCUT2D eigenvalue weighted by atomic mass is 16.5. The van der Waals surface area contributed by atoms with E-state index in [4.69, 9.17) is 14.2 Å². The molecule has 1 amide bonds. The summed E-state index contributed by atoms with van der Waals surface area (Å²) in [6, 6.07) is 12.5. The fourth-order valence-corrected chi connectivity index (χ4v) is 2.53. The molecule has 0 heterocycles. The summed E-state index contributed by atoms with van der Waals surface area (Å²) in [6.45, 7) is 6.69. The molecule has 0 aromatic heterocycles. The van der Waals surface area contributed by atoms with Gasteiger partial charge in [-0.1, -0.05) is 19.9 Å². The largest absolute Gasteiger partial charge is 0.497 e. The van der Waals surface area contributed by atoms with Crippen LogP contribution >= 0.6 is 0 Å². The molecule has 0 aliphatic rings. The summed E-state index contributed by atoms with van der Waals surface area (Å²) in [5.41, 5.74) is 1.41. The van der Waals surface area contributed by atoms with Crippen LogP contribution in [0.2, 0.25) is 0 Å². The molecule has 0 aliphatic carbocycles. The zero-order chi connectivity index (χ0) is 19.1. The van der Waals surface area contributed by atoms with E-state index in [1.807, 2.05) is 37.3 Å². The van der Waals surface area contributed by atoms with Crippen molar-refractivity contribution in [2.45, 2.75) is 26.8 Å². The third kappa shape index (κ3) is 5.15. The number of ether oxygens (including phenoxy) is 3. The Balaban J connectivity index is 2.13. The van der Waals surface area contributed by atoms with Crippen LogP contribution in [0.3, 0.4) is 0 Å². The number of benzene rings is 2. The van der Waals surface area contributed by atoms with E-state index in [1.54, 1.807) is 26.4 Å². The molecule has 0 fully saturated rings. The van der Waals surface area contributed by atoms with Crippen LogP contribution < -0.4 is 19.5 Å². The summed E-state index contributed by atoms with van der Waals surface area (Å²) in [6.07, 6.45) is 0. The maximum absolute atomic E-state index is 12.6. The second-order valence-corrected chi connectivity index (χ2v) is 6.54. The van der Waals surface area contributed by atoms with E-state index in [2.05, 4.69) is 19.2 Å². The summed E-state index contributed by atoms with van der Waals surface area (Å²) in [7, 11) is 3.22. The van der Waals surface area contributed by atoms with Crippen LogP contribution in [-0.4, -0.2) is 26.7 Å². The number of rotatable bonds is 8. The summed E-state index contributed by atoms with van der Waals surface area (Å²) in [4.78, 5) is 12.6. The van der Waals surface area contributed by atoms with Crippen molar-refractivity contribution in [1.29, 1.82) is 0 Å². The Bertz CT molecular complexity index is 743. The summed E-state index contributed by atoms with van der Waals surface area (Å²) in [5.74, 6) is 2.36. The molecule has 1 N–H and O–H groups in total. The van der Waals surface area contributed by atoms with Crippen molar-refractivity contribution >= 4 is 5.91 Å². The van der Waals surface area contributed by atoms with E-state index in [0.717, 1.165) is 5.56 Å². The molecule has 0 bridgehead atoms. The fraction of sp³-hybridized carbons (Fsp3) is 0.381. The number of methoxy groups -OCH3 is 2. The molecule has 140 valence electrons. The predicted octanol–water partition coefficient (Wildman–Crippen LogP) is 4.23. The Kier molecular flexibility index (Phi) is 6.89. The van der Waals surface area contributed by atoms with Gasteiger partial charge in [0, 0.05) is 11.1 Å². The average molecular weight is 357 g/mol. The van der Waals surface area contributed by atoms with Crippen molar-refractivity contribution in [3.63, 3.8) is 0 Å². The number of hydrogen-bond donors (Lipinski definition) is 1. The lowest BCUT2D eigenvalue weighted by Crippen LogP contribution is -2.27. The number of hydrogen-bond acceptors (Lipinski definition) is 4. The SMILES string of the molecule is COc1ccc(OC)c([C@H](C)NC(=O)c2cccc(OCC(C)C)c2)c1. The molecule has 2 aromatic rings. The van der Waals surface area contributed by atoms with Gasteiger partial charge in [0.05, 0.1) is 26.9 Å². The summed E-state index contributed by atoms with van der Waals surface area (Å²) < 4.78 is 16.4. The first-order valence-electron chi connectivity index (χ1n) is 8.70. The quantitative estimate of drug-likeness (QED) is 0.768. The lowest BCUT2D eigenvalue weighted by molar-refractivity contribution is 0.0939. The monoisotopic (exact) mass is 357 g/mol. The van der Waals surface area contributed by atoms with Gasteiger partial charge in [-0.2, -0.15) is 0 Å². The van der Waals surface area contributed by atoms with E-state index in [-0.39, 0.29) is 11.9 Å². The van der Waals surface area contributed by atoms with Crippen LogP contribution in [0.5, 0.6) is 17.2 Å². The molecule has 26 heavy (non-hydrogen) atoms. The predicted molar refractivity (Wildman–Crippen MR) is 102 cm³/mol. The van der Waals surface area contributed by atoms with Crippen LogP contribution in [0, 0.1) is 5.92 Å². The molecular formula is C21H27NO4. The minimum atomic E-state index is -0.243. The first-order valence-corrected chi connectivity index (χ1v) is 8.70. The summed E-state index contributed by atoms with van der Waals surface area (Å²) in [5, 5.41) is 3.00. The van der Waals surface area contributed by atoms with E-state index in [1.165, 1.54) is 0 Å². The second kappa shape index (κ2) is 9.13. The average Bonchev–Trinajstić information content (AvgIpc) is 2.65. The molecule has 0 spiro atoms. The maximum Gasteiger partial charge on any atom is 0.251 e. The molecule has 5 heteroatoms. The third-order valence-corrected chi connectivity index (χ3v) is 3.93. The molecule has 0 unspecified atom stereocenters. The van der Waals surface area contributed by atoms with Gasteiger partial charge in [0.25, 0.3) is 5.91 Å². The Morgan fingerprint density at radius 2 is 1.77 bits per heavy atom. The van der Waals surface area contributed by atoms with Crippen molar-refractivity contribution in [2.75, 3.05) is 20.8 Å². The van der Waals surface area contributed by atoms with Gasteiger partial charge in [-0.3, -0.25) is 4.79 Å². The molecule has 0 saturated heterocycles. The highest BCUT2D eigenvalue weighted by Crippen LogP contribution is 2.29. The van der Waals surface area contributed by atoms with Crippen LogP contribution in [-0.2, 0) is 0 Å². The Hall–Kier alpha value is -2.69. The minimum Gasteiger partial charge on any atom is -0.497 e. The molecule has 2 rings (SSSR count). The van der Waals surface area contributed by atoms with Gasteiger partial charge in [0.1, 0.15) is 17.2 Å². The van der Waals surface area contributed by atoms with Crippen molar-refractivity contribution in [1.82, 2.24) is 5.32 Å².